The van der Waals surface area contributed by atoms with Crippen LogP contribution in [-0.2, 0) is 14.8 Å². The van der Waals surface area contributed by atoms with Crippen molar-refractivity contribution in [3.05, 3.63) is 68.2 Å². The molecule has 26 heavy (non-hydrogen) atoms. The molecule has 0 aliphatic heterocycles. The van der Waals surface area contributed by atoms with Crippen LogP contribution in [0.1, 0.15) is 18.0 Å². The highest BCUT2D eigenvalue weighted by atomic mass is 35.5. The standard InChI is InChI=1S/C15H12Cl2N2O6S/c16-9-5-10(17)7-11(6-9)26(24,25)18-13(8-15(20)21)12-3-1-2-4-14(12)19(22)23/h1-7,13,18H,8H2,(H,20,21)/t13-/m1/s1. The molecule has 0 amide bonds. The fourth-order valence-electron chi connectivity index (χ4n) is 2.28. The van der Waals surface area contributed by atoms with E-state index in [1.54, 1.807) is 0 Å². The largest absolute Gasteiger partial charge is 0.481 e. The van der Waals surface area contributed by atoms with Crippen LogP contribution in [0.2, 0.25) is 10.0 Å². The van der Waals surface area contributed by atoms with Crippen molar-refractivity contribution >= 4 is 44.9 Å². The summed E-state index contributed by atoms with van der Waals surface area (Å²) in [7, 11) is -4.25. The van der Waals surface area contributed by atoms with E-state index in [0.29, 0.717) is 0 Å². The number of nitrogens with zero attached hydrogens (tertiary/aromatic N) is 1. The van der Waals surface area contributed by atoms with Gasteiger partial charge in [-0.3, -0.25) is 14.9 Å². The second-order valence-electron chi connectivity index (χ2n) is 5.19. The Balaban J connectivity index is 2.49. The molecule has 0 saturated heterocycles. The van der Waals surface area contributed by atoms with Crippen molar-refractivity contribution in [2.75, 3.05) is 0 Å². The summed E-state index contributed by atoms with van der Waals surface area (Å²) in [6, 6.07) is 7.52. The van der Waals surface area contributed by atoms with Gasteiger partial charge in [0, 0.05) is 21.7 Å². The summed E-state index contributed by atoms with van der Waals surface area (Å²) in [5, 5.41) is 20.4. The predicted octanol–water partition coefficient (Wildman–Crippen LogP) is 3.40. The topological polar surface area (TPSA) is 127 Å². The van der Waals surface area contributed by atoms with Gasteiger partial charge >= 0.3 is 5.97 Å². The van der Waals surface area contributed by atoms with Crippen LogP contribution in [0.25, 0.3) is 0 Å². The Labute approximate surface area is 158 Å². The quantitative estimate of drug-likeness (QED) is 0.523. The van der Waals surface area contributed by atoms with Gasteiger partial charge in [-0.1, -0.05) is 41.4 Å². The number of carboxylic acids is 1. The van der Waals surface area contributed by atoms with Gasteiger partial charge in [0.2, 0.25) is 10.0 Å². The second-order valence-corrected chi connectivity index (χ2v) is 7.78. The molecule has 0 spiro atoms. The van der Waals surface area contributed by atoms with Gasteiger partial charge in [-0.25, -0.2) is 13.1 Å². The summed E-state index contributed by atoms with van der Waals surface area (Å²) in [5.74, 6) is -1.33. The molecule has 0 radical (unpaired) electrons. The number of hydrogen-bond acceptors (Lipinski definition) is 5. The summed E-state index contributed by atoms with van der Waals surface area (Å²) in [6.45, 7) is 0. The second kappa shape index (κ2) is 8.00. The molecule has 0 aliphatic rings. The lowest BCUT2D eigenvalue weighted by molar-refractivity contribution is -0.385. The zero-order valence-electron chi connectivity index (χ0n) is 12.9. The van der Waals surface area contributed by atoms with Crippen molar-refractivity contribution in [2.45, 2.75) is 17.4 Å². The van der Waals surface area contributed by atoms with E-state index in [4.69, 9.17) is 28.3 Å². The molecule has 0 fully saturated rings. The predicted molar refractivity (Wildman–Crippen MR) is 94.9 cm³/mol. The number of nitro benzene ring substituents is 1. The van der Waals surface area contributed by atoms with Gasteiger partial charge < -0.3 is 5.11 Å². The average molecular weight is 419 g/mol. The number of para-hydroxylation sites is 1. The first-order valence-corrected chi connectivity index (χ1v) is 9.27. The van der Waals surface area contributed by atoms with Crippen molar-refractivity contribution in [1.29, 1.82) is 0 Å². The monoisotopic (exact) mass is 418 g/mol. The minimum absolute atomic E-state index is 0.0679. The average Bonchev–Trinajstić information content (AvgIpc) is 2.52. The van der Waals surface area contributed by atoms with Gasteiger partial charge in [0.05, 0.1) is 22.3 Å². The van der Waals surface area contributed by atoms with Gasteiger partial charge in [0.15, 0.2) is 0 Å². The maximum absolute atomic E-state index is 12.6. The third kappa shape index (κ3) is 4.92. The number of carbonyl (C=O) groups is 1. The van der Waals surface area contributed by atoms with E-state index in [1.165, 1.54) is 24.3 Å². The lowest BCUT2D eigenvalue weighted by atomic mass is 10.0. The highest BCUT2D eigenvalue weighted by Gasteiger charge is 2.29. The zero-order chi connectivity index (χ0) is 19.5. The number of rotatable bonds is 7. The lowest BCUT2D eigenvalue weighted by Gasteiger charge is -2.18. The summed E-state index contributed by atoms with van der Waals surface area (Å²) in [6.07, 6.45) is -0.696. The third-order valence-electron chi connectivity index (χ3n) is 3.33. The highest BCUT2D eigenvalue weighted by molar-refractivity contribution is 7.89. The molecule has 138 valence electrons. The van der Waals surface area contributed by atoms with Crippen LogP contribution in [-0.4, -0.2) is 24.4 Å². The zero-order valence-corrected chi connectivity index (χ0v) is 15.3. The summed E-state index contributed by atoms with van der Waals surface area (Å²) >= 11 is 11.6. The maximum atomic E-state index is 12.6. The fraction of sp³-hybridized carbons (Fsp3) is 0.133. The van der Waals surface area contributed by atoms with Crippen molar-refractivity contribution in [1.82, 2.24) is 4.72 Å². The smallest absolute Gasteiger partial charge is 0.305 e. The van der Waals surface area contributed by atoms with Crippen LogP contribution in [0, 0.1) is 10.1 Å². The van der Waals surface area contributed by atoms with E-state index >= 15 is 0 Å². The van der Waals surface area contributed by atoms with Gasteiger partial charge in [-0.15, -0.1) is 0 Å². The van der Waals surface area contributed by atoms with Gasteiger partial charge in [0.1, 0.15) is 0 Å². The molecule has 2 N–H and O–H groups in total. The van der Waals surface area contributed by atoms with E-state index in [-0.39, 0.29) is 20.5 Å². The minimum atomic E-state index is -4.25. The molecule has 8 nitrogen and oxygen atoms in total. The molecule has 0 aliphatic carbocycles. The first-order valence-electron chi connectivity index (χ1n) is 7.03. The summed E-state index contributed by atoms with van der Waals surface area (Å²) < 4.78 is 27.4. The summed E-state index contributed by atoms with van der Waals surface area (Å²) in [5.41, 5.74) is -0.470. The van der Waals surface area contributed by atoms with Crippen LogP contribution in [0.3, 0.4) is 0 Å². The van der Waals surface area contributed by atoms with Crippen LogP contribution >= 0.6 is 23.2 Å². The molecule has 0 unspecified atom stereocenters. The Kier molecular flexibility index (Phi) is 6.19. The highest BCUT2D eigenvalue weighted by Crippen LogP contribution is 2.29. The number of nitrogens with one attached hydrogen (secondary N) is 1. The molecule has 2 rings (SSSR count). The van der Waals surface area contributed by atoms with Gasteiger partial charge in [0.25, 0.3) is 5.69 Å². The number of aliphatic carboxylic acids is 1. The molecule has 0 heterocycles. The molecule has 0 saturated carbocycles. The van der Waals surface area contributed by atoms with E-state index < -0.39 is 39.1 Å². The third-order valence-corrected chi connectivity index (χ3v) is 5.22. The Bertz CT molecular complexity index is 944. The molecular formula is C15H12Cl2N2O6S. The number of nitro groups is 1. The van der Waals surface area contributed by atoms with Crippen molar-refractivity contribution in [3.8, 4) is 0 Å². The summed E-state index contributed by atoms with van der Waals surface area (Å²) in [4.78, 5) is 21.3. The van der Waals surface area contributed by atoms with Crippen LogP contribution in [0.4, 0.5) is 5.69 Å². The Morgan fingerprint density at radius 2 is 1.77 bits per heavy atom. The minimum Gasteiger partial charge on any atom is -0.481 e. The molecule has 0 bridgehead atoms. The number of carboxylic acid groups (broad SMARTS) is 1. The van der Waals surface area contributed by atoms with Gasteiger partial charge in [-0.2, -0.15) is 0 Å². The first-order chi connectivity index (χ1) is 12.1. The van der Waals surface area contributed by atoms with Crippen LogP contribution in [0.5, 0.6) is 0 Å². The Morgan fingerprint density at radius 3 is 2.31 bits per heavy atom. The number of benzene rings is 2. The van der Waals surface area contributed by atoms with E-state index in [2.05, 4.69) is 4.72 Å². The molecule has 0 aromatic heterocycles. The van der Waals surface area contributed by atoms with Crippen molar-refractivity contribution < 1.29 is 23.2 Å². The van der Waals surface area contributed by atoms with E-state index in [1.807, 2.05) is 0 Å². The Hall–Kier alpha value is -2.20. The maximum Gasteiger partial charge on any atom is 0.305 e. The number of hydrogen-bond donors (Lipinski definition) is 2. The number of sulfonamides is 1. The first kappa shape index (κ1) is 20.1. The molecule has 1 atom stereocenters. The van der Waals surface area contributed by atoms with Crippen LogP contribution < -0.4 is 4.72 Å². The molecular weight excluding hydrogens is 407 g/mol. The molecule has 2 aromatic carbocycles. The SMILES string of the molecule is O=C(O)C[C@@H](NS(=O)(=O)c1cc(Cl)cc(Cl)c1)c1ccccc1[N+](=O)[O-]. The van der Waals surface area contributed by atoms with Crippen LogP contribution in [0.15, 0.2) is 47.4 Å². The molecule has 11 heteroatoms. The Morgan fingerprint density at radius 1 is 1.19 bits per heavy atom. The fourth-order valence-corrected chi connectivity index (χ4v) is 4.22. The normalized spacial score (nSPS) is 12.5. The van der Waals surface area contributed by atoms with Crippen molar-refractivity contribution in [2.24, 2.45) is 0 Å². The molecule has 2 aromatic rings. The van der Waals surface area contributed by atoms with Gasteiger partial charge in [-0.05, 0) is 18.2 Å². The number of halogens is 2. The van der Waals surface area contributed by atoms with E-state index in [9.17, 15) is 23.3 Å². The van der Waals surface area contributed by atoms with E-state index in [0.717, 1.165) is 18.2 Å². The van der Waals surface area contributed by atoms with Crippen molar-refractivity contribution in [3.63, 3.8) is 0 Å². The lowest BCUT2D eigenvalue weighted by Crippen LogP contribution is -2.30.